The van der Waals surface area contributed by atoms with Gasteiger partial charge in [-0.2, -0.15) is 5.10 Å². The second kappa shape index (κ2) is 10.6. The number of benzene rings is 2. The van der Waals surface area contributed by atoms with Crippen molar-refractivity contribution in [2.45, 2.75) is 26.0 Å². The van der Waals surface area contributed by atoms with Crippen molar-refractivity contribution in [2.75, 3.05) is 20.0 Å². The Morgan fingerprint density at radius 2 is 1.85 bits per heavy atom. The Labute approximate surface area is 165 Å². The molecule has 5 nitrogen and oxygen atoms in total. The minimum Gasteiger partial charge on any atom is -0.493 e. The van der Waals surface area contributed by atoms with Gasteiger partial charge in [0.15, 0.2) is 11.5 Å². The van der Waals surface area contributed by atoms with Crippen molar-refractivity contribution in [3.63, 3.8) is 0 Å². The first kappa shape index (κ1) is 20.8. The number of nitrogens with one attached hydrogen (secondary N) is 1. The molecule has 0 saturated carbocycles. The first-order valence-electron chi connectivity index (χ1n) is 8.79. The van der Waals surface area contributed by atoms with E-state index in [2.05, 4.69) is 29.6 Å². The van der Waals surface area contributed by atoms with Crippen molar-refractivity contribution in [1.82, 2.24) is 5.43 Å². The molecule has 0 aliphatic heterocycles. The lowest BCUT2D eigenvalue weighted by molar-refractivity contribution is -0.118. The molecule has 0 radical (unpaired) electrons. The van der Waals surface area contributed by atoms with Gasteiger partial charge in [0.2, 0.25) is 5.91 Å². The number of amides is 1. The Morgan fingerprint density at radius 3 is 2.52 bits per heavy atom. The van der Waals surface area contributed by atoms with Crippen LogP contribution in [-0.2, 0) is 10.5 Å². The predicted octanol–water partition coefficient (Wildman–Crippen LogP) is 4.18. The Kier molecular flexibility index (Phi) is 8.20. The first-order chi connectivity index (χ1) is 13.1. The van der Waals surface area contributed by atoms with Crippen molar-refractivity contribution in [3.05, 3.63) is 59.2 Å². The minimum absolute atomic E-state index is 0.111. The number of aryl methyl sites for hydroxylation is 1. The lowest BCUT2D eigenvalue weighted by Crippen LogP contribution is -2.22. The summed E-state index contributed by atoms with van der Waals surface area (Å²) in [7, 11) is 3.19. The highest BCUT2D eigenvalue weighted by Gasteiger charge is 2.09. The maximum Gasteiger partial charge on any atom is 0.250 e. The smallest absolute Gasteiger partial charge is 0.250 e. The fraction of sp³-hybridized carbons (Fsp3) is 0.333. The summed E-state index contributed by atoms with van der Waals surface area (Å²) in [5.74, 6) is 2.35. The zero-order valence-corrected chi connectivity index (χ0v) is 17.1. The third-order valence-corrected chi connectivity index (χ3v) is 5.10. The summed E-state index contributed by atoms with van der Waals surface area (Å²) in [6.45, 7) is 4.07. The van der Waals surface area contributed by atoms with Gasteiger partial charge < -0.3 is 9.47 Å². The third-order valence-electron chi connectivity index (χ3n) is 4.12. The normalized spacial score (nSPS) is 11.2. The second-order valence-corrected chi connectivity index (χ2v) is 6.92. The largest absolute Gasteiger partial charge is 0.493 e. The van der Waals surface area contributed by atoms with Crippen LogP contribution < -0.4 is 14.9 Å². The van der Waals surface area contributed by atoms with E-state index in [9.17, 15) is 4.79 Å². The van der Waals surface area contributed by atoms with Gasteiger partial charge in [-0.25, -0.2) is 5.43 Å². The molecule has 2 aromatic rings. The van der Waals surface area contributed by atoms with Crippen LogP contribution in [0.25, 0.3) is 0 Å². The van der Waals surface area contributed by atoms with Crippen molar-refractivity contribution in [1.29, 1.82) is 0 Å². The molecule has 0 spiro atoms. The molecule has 2 rings (SSSR count). The van der Waals surface area contributed by atoms with E-state index >= 15 is 0 Å². The summed E-state index contributed by atoms with van der Waals surface area (Å²) >= 11 is 1.58. The van der Waals surface area contributed by atoms with Gasteiger partial charge in [-0.3, -0.25) is 4.79 Å². The van der Waals surface area contributed by atoms with Crippen LogP contribution in [0.3, 0.4) is 0 Å². The summed E-state index contributed by atoms with van der Waals surface area (Å²) in [6, 6.07) is 13.8. The van der Waals surface area contributed by atoms with E-state index in [0.29, 0.717) is 23.7 Å². The molecule has 0 fully saturated rings. The Bertz CT molecular complexity index is 806. The van der Waals surface area contributed by atoms with E-state index in [1.165, 1.54) is 11.1 Å². The topological polar surface area (TPSA) is 59.9 Å². The van der Waals surface area contributed by atoms with Crippen molar-refractivity contribution >= 4 is 23.4 Å². The standard InChI is InChI=1S/C21H26N2O3S/c1-5-18(16-10-11-19(25-3)20(12-16)26-4)22-23-21(24)14-27-13-17-9-7-6-8-15(17)2/h6-12H,5,13-14H2,1-4H3,(H,23,24). The molecule has 0 unspecified atom stereocenters. The molecule has 0 bridgehead atoms. The molecule has 0 atom stereocenters. The van der Waals surface area contributed by atoms with Crippen LogP contribution in [0.1, 0.15) is 30.0 Å². The summed E-state index contributed by atoms with van der Waals surface area (Å²) in [6.07, 6.45) is 0.687. The van der Waals surface area contributed by atoms with Gasteiger partial charge in [0, 0.05) is 11.3 Å². The third kappa shape index (κ3) is 6.03. The zero-order chi connectivity index (χ0) is 19.6. The number of hydrazone groups is 1. The number of nitrogens with zero attached hydrogens (tertiary/aromatic N) is 1. The highest BCUT2D eigenvalue weighted by Crippen LogP contribution is 2.28. The van der Waals surface area contributed by atoms with Gasteiger partial charge >= 0.3 is 0 Å². The predicted molar refractivity (Wildman–Crippen MR) is 112 cm³/mol. The summed E-state index contributed by atoms with van der Waals surface area (Å²) in [4.78, 5) is 12.1. The highest BCUT2D eigenvalue weighted by molar-refractivity contribution is 7.99. The van der Waals surface area contributed by atoms with E-state index < -0.39 is 0 Å². The summed E-state index contributed by atoms with van der Waals surface area (Å²) in [5.41, 5.74) is 6.82. The van der Waals surface area contributed by atoms with Gasteiger partial charge in [0.25, 0.3) is 0 Å². The Morgan fingerprint density at radius 1 is 1.11 bits per heavy atom. The van der Waals surface area contributed by atoms with Crippen LogP contribution >= 0.6 is 11.8 Å². The van der Waals surface area contributed by atoms with Crippen LogP contribution in [0.2, 0.25) is 0 Å². The first-order valence-corrected chi connectivity index (χ1v) is 9.94. The molecule has 0 aromatic heterocycles. The number of carbonyl (C=O) groups excluding carboxylic acids is 1. The molecule has 0 aliphatic carbocycles. The maximum absolute atomic E-state index is 12.1. The van der Waals surface area contributed by atoms with E-state index in [1.54, 1.807) is 26.0 Å². The lowest BCUT2D eigenvalue weighted by atomic mass is 10.1. The molecular weight excluding hydrogens is 360 g/mol. The van der Waals surface area contributed by atoms with Gasteiger partial charge in [-0.15, -0.1) is 11.8 Å². The second-order valence-electron chi connectivity index (χ2n) is 5.94. The number of hydrogen-bond acceptors (Lipinski definition) is 5. The number of carbonyl (C=O) groups is 1. The molecule has 1 N–H and O–H groups in total. The van der Waals surface area contributed by atoms with Crippen molar-refractivity contribution in [2.24, 2.45) is 5.10 Å². The monoisotopic (exact) mass is 386 g/mol. The van der Waals surface area contributed by atoms with Crippen molar-refractivity contribution in [3.8, 4) is 11.5 Å². The highest BCUT2D eigenvalue weighted by atomic mass is 32.2. The van der Waals surface area contributed by atoms with E-state index in [1.807, 2.05) is 37.3 Å². The molecule has 2 aromatic carbocycles. The lowest BCUT2D eigenvalue weighted by Gasteiger charge is -2.11. The maximum atomic E-state index is 12.1. The molecule has 144 valence electrons. The number of rotatable bonds is 9. The Hall–Kier alpha value is -2.47. The number of hydrogen-bond donors (Lipinski definition) is 1. The van der Waals surface area contributed by atoms with Crippen molar-refractivity contribution < 1.29 is 14.3 Å². The molecular formula is C21H26N2O3S. The van der Waals surface area contributed by atoms with Crippen LogP contribution in [0, 0.1) is 6.92 Å². The average molecular weight is 387 g/mol. The van der Waals surface area contributed by atoms with Gasteiger partial charge in [0.05, 0.1) is 25.7 Å². The Balaban J connectivity index is 1.94. The zero-order valence-electron chi connectivity index (χ0n) is 16.2. The number of methoxy groups -OCH3 is 2. The molecule has 27 heavy (non-hydrogen) atoms. The van der Waals surface area contributed by atoms with Crippen LogP contribution in [0.5, 0.6) is 11.5 Å². The molecule has 6 heteroatoms. The van der Waals surface area contributed by atoms with Crippen LogP contribution in [0.15, 0.2) is 47.6 Å². The molecule has 0 heterocycles. The average Bonchev–Trinajstić information content (AvgIpc) is 2.69. The van der Waals surface area contributed by atoms with Gasteiger partial charge in [0.1, 0.15) is 0 Å². The van der Waals surface area contributed by atoms with E-state index in [0.717, 1.165) is 17.0 Å². The van der Waals surface area contributed by atoms with E-state index in [-0.39, 0.29) is 5.91 Å². The fourth-order valence-electron chi connectivity index (χ4n) is 2.55. The fourth-order valence-corrected chi connectivity index (χ4v) is 3.45. The molecule has 0 aliphatic rings. The van der Waals surface area contributed by atoms with Gasteiger partial charge in [-0.1, -0.05) is 31.2 Å². The van der Waals surface area contributed by atoms with Gasteiger partial charge in [-0.05, 0) is 42.7 Å². The molecule has 1 amide bonds. The number of ether oxygens (including phenoxy) is 2. The number of thioether (sulfide) groups is 1. The molecule has 0 saturated heterocycles. The van der Waals surface area contributed by atoms with Crippen LogP contribution in [-0.4, -0.2) is 31.6 Å². The summed E-state index contributed by atoms with van der Waals surface area (Å²) in [5, 5.41) is 4.29. The minimum atomic E-state index is -0.111. The summed E-state index contributed by atoms with van der Waals surface area (Å²) < 4.78 is 10.6. The van der Waals surface area contributed by atoms with Crippen LogP contribution in [0.4, 0.5) is 0 Å². The quantitative estimate of drug-likeness (QED) is 0.519. The SMILES string of the molecule is CCC(=NNC(=O)CSCc1ccccc1C)c1ccc(OC)c(OC)c1. The van der Waals surface area contributed by atoms with E-state index in [4.69, 9.17) is 9.47 Å².